The van der Waals surface area contributed by atoms with Crippen LogP contribution in [0.3, 0.4) is 0 Å². The van der Waals surface area contributed by atoms with E-state index in [0.717, 1.165) is 6.29 Å². The summed E-state index contributed by atoms with van der Waals surface area (Å²) in [4.78, 5) is 10.3. The molecule has 0 amide bonds. The Bertz CT molecular complexity index is 544. The quantitative estimate of drug-likeness (QED) is 0.441. The van der Waals surface area contributed by atoms with Crippen molar-refractivity contribution in [2.45, 2.75) is 0 Å². The molecule has 76 valence electrons. The number of fused-ring (bicyclic) bond motifs is 1. The van der Waals surface area contributed by atoms with Crippen molar-refractivity contribution < 1.29 is 4.79 Å². The Balaban J connectivity index is 0.000000134. The number of benzene rings is 2. The highest BCUT2D eigenvalue weighted by Crippen LogP contribution is 2.32. The summed E-state index contributed by atoms with van der Waals surface area (Å²) in [5.74, 6) is 2.42. The van der Waals surface area contributed by atoms with E-state index in [0.29, 0.717) is 11.1 Å². The van der Waals surface area contributed by atoms with Crippen molar-refractivity contribution in [3.8, 4) is 23.5 Å². The third-order valence-corrected chi connectivity index (χ3v) is 2.36. The first kappa shape index (κ1) is 10.2. The highest BCUT2D eigenvalue weighted by Gasteiger charge is 2.06. The molecule has 1 aromatic carbocycles. The van der Waals surface area contributed by atoms with Crippen LogP contribution < -0.4 is 0 Å². The van der Waals surface area contributed by atoms with Crippen LogP contribution in [0.5, 0.6) is 0 Å². The predicted molar refractivity (Wildman–Crippen MR) is 65.2 cm³/mol. The fourth-order valence-corrected chi connectivity index (χ4v) is 1.41. The Morgan fingerprint density at radius 1 is 1.00 bits per heavy atom. The van der Waals surface area contributed by atoms with Gasteiger partial charge in [0.05, 0.1) is 0 Å². The molecule has 0 unspecified atom stereocenters. The molecular formula is C15H10O. The lowest BCUT2D eigenvalue weighted by Gasteiger charge is -1.91. The molecule has 0 heterocycles. The van der Waals surface area contributed by atoms with E-state index in [1.165, 1.54) is 11.1 Å². The van der Waals surface area contributed by atoms with Gasteiger partial charge in [0.1, 0.15) is 0 Å². The Labute approximate surface area is 94.7 Å². The first-order valence-electron chi connectivity index (χ1n) is 4.96. The summed E-state index contributed by atoms with van der Waals surface area (Å²) in [7, 11) is 0. The molecule has 0 saturated heterocycles. The first-order chi connectivity index (χ1) is 7.85. The Kier molecular flexibility index (Phi) is 2.84. The van der Waals surface area contributed by atoms with Crippen LogP contribution in [0.25, 0.3) is 11.1 Å². The Morgan fingerprint density at radius 3 is 2.06 bits per heavy atom. The van der Waals surface area contributed by atoms with Crippen LogP contribution in [0.15, 0.2) is 48.5 Å². The summed E-state index contributed by atoms with van der Waals surface area (Å²) < 4.78 is 0. The lowest BCUT2D eigenvalue weighted by Crippen LogP contribution is -1.84. The van der Waals surface area contributed by atoms with Crippen LogP contribution >= 0.6 is 0 Å². The Hall–Kier alpha value is -2.33. The van der Waals surface area contributed by atoms with E-state index >= 15 is 0 Å². The normalized spacial score (nSPS) is 9.44. The summed E-state index contributed by atoms with van der Waals surface area (Å²) in [6, 6.07) is 15.5. The molecule has 0 aromatic heterocycles. The molecular weight excluding hydrogens is 196 g/mol. The van der Waals surface area contributed by atoms with E-state index in [4.69, 9.17) is 6.42 Å². The van der Waals surface area contributed by atoms with Crippen molar-refractivity contribution in [1.29, 1.82) is 0 Å². The average Bonchev–Trinajstić information content (AvgIpc) is 2.96. The second-order valence-corrected chi connectivity index (χ2v) is 3.43. The lowest BCUT2D eigenvalue weighted by atomic mass is 10.1. The molecule has 0 spiro atoms. The lowest BCUT2D eigenvalue weighted by molar-refractivity contribution is 0.112. The second kappa shape index (κ2) is 4.46. The van der Waals surface area contributed by atoms with Gasteiger partial charge >= 0.3 is 0 Å². The molecule has 0 N–H and O–H groups in total. The van der Waals surface area contributed by atoms with Crippen molar-refractivity contribution in [2.24, 2.45) is 0 Å². The molecule has 0 aliphatic heterocycles. The molecule has 3 rings (SSSR count). The third kappa shape index (κ3) is 2.18. The van der Waals surface area contributed by atoms with Crippen molar-refractivity contribution in [1.82, 2.24) is 0 Å². The molecule has 1 nitrogen and oxygen atoms in total. The minimum absolute atomic E-state index is 0.574. The van der Waals surface area contributed by atoms with Gasteiger partial charge in [-0.05, 0) is 23.3 Å². The molecule has 0 bridgehead atoms. The zero-order valence-electron chi connectivity index (χ0n) is 8.68. The maximum atomic E-state index is 10.3. The van der Waals surface area contributed by atoms with Crippen molar-refractivity contribution in [3.63, 3.8) is 0 Å². The van der Waals surface area contributed by atoms with Gasteiger partial charge in [0.15, 0.2) is 6.29 Å². The first-order valence-corrected chi connectivity index (χ1v) is 4.96. The van der Waals surface area contributed by atoms with Gasteiger partial charge in [0.2, 0.25) is 0 Å². The monoisotopic (exact) mass is 206 g/mol. The SMILES string of the molecule is C#Cc1ccccc1C=O.c1cc2cc-2c1. The van der Waals surface area contributed by atoms with Gasteiger partial charge in [-0.15, -0.1) is 6.42 Å². The third-order valence-electron chi connectivity index (χ3n) is 2.36. The molecule has 16 heavy (non-hydrogen) atoms. The summed E-state index contributed by atoms with van der Waals surface area (Å²) in [5, 5.41) is 0. The van der Waals surface area contributed by atoms with Crippen LogP contribution in [0.1, 0.15) is 15.9 Å². The Morgan fingerprint density at radius 2 is 1.69 bits per heavy atom. The van der Waals surface area contributed by atoms with Gasteiger partial charge in [-0.3, -0.25) is 4.79 Å². The molecule has 1 heteroatoms. The van der Waals surface area contributed by atoms with Gasteiger partial charge in [-0.25, -0.2) is 0 Å². The van der Waals surface area contributed by atoms with E-state index in [2.05, 4.69) is 30.2 Å². The minimum atomic E-state index is 0.574. The van der Waals surface area contributed by atoms with Crippen LogP contribution in [0.2, 0.25) is 0 Å². The maximum Gasteiger partial charge on any atom is 0.151 e. The molecule has 0 atom stereocenters. The van der Waals surface area contributed by atoms with Gasteiger partial charge in [0, 0.05) is 11.1 Å². The molecule has 1 aromatic rings. The predicted octanol–water partition coefficient (Wildman–Crippen LogP) is 3.15. The number of carbonyl (C=O) groups is 1. The van der Waals surface area contributed by atoms with E-state index in [-0.39, 0.29) is 0 Å². The number of aldehydes is 1. The number of terminal acetylenes is 1. The zero-order valence-corrected chi connectivity index (χ0v) is 8.68. The highest BCUT2D eigenvalue weighted by atomic mass is 16.1. The smallest absolute Gasteiger partial charge is 0.151 e. The van der Waals surface area contributed by atoms with Crippen molar-refractivity contribution in [2.75, 3.05) is 0 Å². The van der Waals surface area contributed by atoms with Crippen LogP contribution in [-0.2, 0) is 0 Å². The standard InChI is InChI=1S/C9H6O.C6H4/c1-2-8-5-3-4-6-9(8)7-10;1-2-5-4-6(5)3-1/h1,3-7H;1-4H. The molecule has 0 saturated carbocycles. The average molecular weight is 206 g/mol. The van der Waals surface area contributed by atoms with E-state index in [1.807, 2.05) is 6.07 Å². The summed E-state index contributed by atoms with van der Waals surface area (Å²) in [6.45, 7) is 0. The largest absolute Gasteiger partial charge is 0.298 e. The second-order valence-electron chi connectivity index (χ2n) is 3.43. The van der Waals surface area contributed by atoms with E-state index in [1.54, 1.807) is 18.2 Å². The number of carbonyl (C=O) groups excluding carboxylic acids is 1. The maximum absolute atomic E-state index is 10.3. The zero-order chi connectivity index (χ0) is 11.4. The van der Waals surface area contributed by atoms with Crippen LogP contribution in [-0.4, -0.2) is 6.29 Å². The van der Waals surface area contributed by atoms with Gasteiger partial charge in [0.25, 0.3) is 0 Å². The van der Waals surface area contributed by atoms with Crippen LogP contribution in [0, 0.1) is 12.3 Å². The van der Waals surface area contributed by atoms with Crippen LogP contribution in [0.4, 0.5) is 0 Å². The van der Waals surface area contributed by atoms with E-state index < -0.39 is 0 Å². The van der Waals surface area contributed by atoms with Crippen molar-refractivity contribution >= 4 is 6.29 Å². The van der Waals surface area contributed by atoms with Gasteiger partial charge in [-0.1, -0.05) is 42.3 Å². The topological polar surface area (TPSA) is 17.1 Å². The number of rotatable bonds is 1. The molecule has 2 aliphatic carbocycles. The van der Waals surface area contributed by atoms with Gasteiger partial charge in [-0.2, -0.15) is 0 Å². The summed E-state index contributed by atoms with van der Waals surface area (Å²) >= 11 is 0. The van der Waals surface area contributed by atoms with Crippen molar-refractivity contribution in [3.05, 3.63) is 59.7 Å². The highest BCUT2D eigenvalue weighted by molar-refractivity contribution is 5.80. The molecule has 2 aliphatic rings. The number of hydrogen-bond acceptors (Lipinski definition) is 1. The number of hydrogen-bond donors (Lipinski definition) is 0. The fraction of sp³-hybridized carbons (Fsp3) is 0. The van der Waals surface area contributed by atoms with Gasteiger partial charge < -0.3 is 0 Å². The molecule has 0 fully saturated rings. The van der Waals surface area contributed by atoms with E-state index in [9.17, 15) is 4.79 Å². The molecule has 0 radical (unpaired) electrons. The fourth-order valence-electron chi connectivity index (χ4n) is 1.41. The minimum Gasteiger partial charge on any atom is -0.298 e. The summed E-state index contributed by atoms with van der Waals surface area (Å²) in [6.07, 6.45) is 5.88. The summed E-state index contributed by atoms with van der Waals surface area (Å²) in [5.41, 5.74) is 4.08.